The molecule has 1 aliphatic carbocycles. The first kappa shape index (κ1) is 12.2. The van der Waals surface area contributed by atoms with Crippen molar-refractivity contribution < 1.29 is 0 Å². The minimum Gasteiger partial charge on any atom is -0.399 e. The van der Waals surface area contributed by atoms with Crippen LogP contribution in [0.4, 0.5) is 11.5 Å². The third-order valence-electron chi connectivity index (χ3n) is 4.41. The largest absolute Gasteiger partial charge is 0.399 e. The standard InChI is InChI=1S/C18H17N3/c19-13-6-8-17-12(9-13)10-16(18(20)21-17)15-7-5-11-3-1-2-4-14(11)15/h1-4,6,8-10,15H,5,7,19H2,(H2,20,21)/t15-/m1/s1. The molecule has 4 N–H and O–H groups in total. The number of fused-ring (bicyclic) bond motifs is 2. The topological polar surface area (TPSA) is 64.9 Å². The van der Waals surface area contributed by atoms with Crippen molar-refractivity contribution in [2.75, 3.05) is 11.5 Å². The number of rotatable bonds is 1. The highest BCUT2D eigenvalue weighted by molar-refractivity contribution is 5.84. The van der Waals surface area contributed by atoms with E-state index in [1.165, 1.54) is 11.1 Å². The number of anilines is 2. The molecule has 0 radical (unpaired) electrons. The van der Waals surface area contributed by atoms with Gasteiger partial charge in [0.2, 0.25) is 0 Å². The van der Waals surface area contributed by atoms with Crippen LogP contribution in [0.2, 0.25) is 0 Å². The summed E-state index contributed by atoms with van der Waals surface area (Å²) in [6.07, 6.45) is 2.20. The molecule has 0 saturated heterocycles. The van der Waals surface area contributed by atoms with E-state index in [0.717, 1.165) is 35.0 Å². The second kappa shape index (κ2) is 4.48. The lowest BCUT2D eigenvalue weighted by molar-refractivity contribution is 0.788. The van der Waals surface area contributed by atoms with Gasteiger partial charge < -0.3 is 11.5 Å². The zero-order chi connectivity index (χ0) is 14.4. The zero-order valence-corrected chi connectivity index (χ0v) is 11.7. The molecule has 1 aromatic heterocycles. The maximum atomic E-state index is 6.22. The van der Waals surface area contributed by atoms with E-state index in [4.69, 9.17) is 11.5 Å². The van der Waals surface area contributed by atoms with Crippen LogP contribution in [0.15, 0.2) is 48.5 Å². The van der Waals surface area contributed by atoms with Crippen molar-refractivity contribution in [1.29, 1.82) is 0 Å². The van der Waals surface area contributed by atoms with Gasteiger partial charge in [0.05, 0.1) is 5.52 Å². The van der Waals surface area contributed by atoms with Gasteiger partial charge in [-0.1, -0.05) is 24.3 Å². The number of aromatic nitrogens is 1. The molecule has 4 rings (SSSR count). The molecule has 0 unspecified atom stereocenters. The summed E-state index contributed by atoms with van der Waals surface area (Å²) in [5.74, 6) is 0.980. The van der Waals surface area contributed by atoms with Gasteiger partial charge in [-0.15, -0.1) is 0 Å². The summed E-state index contributed by atoms with van der Waals surface area (Å²) in [7, 11) is 0. The van der Waals surface area contributed by atoms with Crippen molar-refractivity contribution in [3.63, 3.8) is 0 Å². The van der Waals surface area contributed by atoms with Gasteiger partial charge in [0.15, 0.2) is 0 Å². The Hall–Kier alpha value is -2.55. The van der Waals surface area contributed by atoms with Crippen molar-refractivity contribution in [3.8, 4) is 0 Å². The van der Waals surface area contributed by atoms with Gasteiger partial charge in [-0.2, -0.15) is 0 Å². The predicted octanol–water partition coefficient (Wildman–Crippen LogP) is 3.48. The molecule has 0 aliphatic heterocycles. The number of hydrogen-bond donors (Lipinski definition) is 2. The smallest absolute Gasteiger partial charge is 0.127 e. The summed E-state index contributed by atoms with van der Waals surface area (Å²) in [6.45, 7) is 0. The van der Waals surface area contributed by atoms with Crippen LogP contribution in [0, 0.1) is 0 Å². The normalized spacial score (nSPS) is 17.0. The van der Waals surface area contributed by atoms with E-state index in [9.17, 15) is 0 Å². The van der Waals surface area contributed by atoms with Crippen LogP contribution in [0.25, 0.3) is 10.9 Å². The second-order valence-electron chi connectivity index (χ2n) is 5.71. The molecule has 1 aliphatic rings. The highest BCUT2D eigenvalue weighted by Gasteiger charge is 2.25. The molecule has 3 aromatic rings. The summed E-state index contributed by atoms with van der Waals surface area (Å²) in [6, 6.07) is 16.5. The minimum absolute atomic E-state index is 0.347. The number of aryl methyl sites for hydroxylation is 1. The van der Waals surface area contributed by atoms with Crippen LogP contribution in [-0.2, 0) is 6.42 Å². The molecule has 1 heterocycles. The van der Waals surface area contributed by atoms with Gasteiger partial charge >= 0.3 is 0 Å². The van der Waals surface area contributed by atoms with Crippen LogP contribution in [0.3, 0.4) is 0 Å². The zero-order valence-electron chi connectivity index (χ0n) is 11.7. The van der Waals surface area contributed by atoms with Crippen molar-refractivity contribution in [1.82, 2.24) is 4.98 Å². The Morgan fingerprint density at radius 3 is 2.71 bits per heavy atom. The molecule has 1 atom stereocenters. The maximum Gasteiger partial charge on any atom is 0.127 e. The quantitative estimate of drug-likeness (QED) is 0.668. The first-order valence-electron chi connectivity index (χ1n) is 7.26. The number of pyridine rings is 1. The maximum absolute atomic E-state index is 6.22. The van der Waals surface area contributed by atoms with Gasteiger partial charge in [0, 0.05) is 22.6 Å². The van der Waals surface area contributed by atoms with E-state index in [1.807, 2.05) is 18.2 Å². The van der Waals surface area contributed by atoms with E-state index < -0.39 is 0 Å². The molecular weight excluding hydrogens is 258 g/mol. The molecule has 2 aromatic carbocycles. The van der Waals surface area contributed by atoms with E-state index in [2.05, 4.69) is 35.3 Å². The lowest BCUT2D eigenvalue weighted by Gasteiger charge is -2.15. The third kappa shape index (κ3) is 1.93. The van der Waals surface area contributed by atoms with Crippen LogP contribution in [0.1, 0.15) is 29.0 Å². The summed E-state index contributed by atoms with van der Waals surface area (Å²) >= 11 is 0. The molecule has 3 heteroatoms. The Morgan fingerprint density at radius 2 is 1.81 bits per heavy atom. The number of nitrogens with zero attached hydrogens (tertiary/aromatic N) is 1. The van der Waals surface area contributed by atoms with Crippen LogP contribution in [0.5, 0.6) is 0 Å². The monoisotopic (exact) mass is 275 g/mol. The van der Waals surface area contributed by atoms with Crippen LogP contribution >= 0.6 is 0 Å². The third-order valence-corrected chi connectivity index (χ3v) is 4.41. The predicted molar refractivity (Wildman–Crippen MR) is 87.2 cm³/mol. The second-order valence-corrected chi connectivity index (χ2v) is 5.71. The van der Waals surface area contributed by atoms with Crippen molar-refractivity contribution >= 4 is 22.4 Å². The molecule has 0 spiro atoms. The fourth-order valence-electron chi connectivity index (χ4n) is 3.39. The Labute approximate surface area is 123 Å². The van der Waals surface area contributed by atoms with Crippen molar-refractivity contribution in [2.24, 2.45) is 0 Å². The molecule has 0 saturated carbocycles. The van der Waals surface area contributed by atoms with E-state index >= 15 is 0 Å². The summed E-state index contributed by atoms with van der Waals surface area (Å²) in [4.78, 5) is 4.56. The minimum atomic E-state index is 0.347. The Morgan fingerprint density at radius 1 is 0.952 bits per heavy atom. The number of benzene rings is 2. The molecule has 104 valence electrons. The van der Waals surface area contributed by atoms with Gasteiger partial charge in [0.1, 0.15) is 5.82 Å². The van der Waals surface area contributed by atoms with Gasteiger partial charge in [0.25, 0.3) is 0 Å². The first-order chi connectivity index (χ1) is 10.2. The lowest BCUT2D eigenvalue weighted by Crippen LogP contribution is -2.04. The lowest BCUT2D eigenvalue weighted by atomic mass is 9.92. The molecular formula is C18H17N3. The van der Waals surface area contributed by atoms with Crippen molar-refractivity contribution in [3.05, 3.63) is 65.2 Å². The Balaban J connectivity index is 1.89. The highest BCUT2D eigenvalue weighted by atomic mass is 14.8. The van der Waals surface area contributed by atoms with E-state index in [1.54, 1.807) is 0 Å². The molecule has 0 amide bonds. The first-order valence-corrected chi connectivity index (χ1v) is 7.26. The fourth-order valence-corrected chi connectivity index (χ4v) is 3.39. The average Bonchev–Trinajstić information content (AvgIpc) is 2.91. The number of nitrogen functional groups attached to an aromatic ring is 2. The summed E-state index contributed by atoms with van der Waals surface area (Å²) in [5.41, 5.74) is 17.7. The fraction of sp³-hybridized carbons (Fsp3) is 0.167. The SMILES string of the molecule is Nc1ccc2nc(N)c([C@@H]3CCc4ccccc43)cc2c1. The van der Waals surface area contributed by atoms with Gasteiger partial charge in [-0.25, -0.2) is 4.98 Å². The number of hydrogen-bond acceptors (Lipinski definition) is 3. The molecule has 0 bridgehead atoms. The summed E-state index contributed by atoms with van der Waals surface area (Å²) in [5, 5.41) is 1.06. The number of nitrogens with two attached hydrogens (primary N) is 2. The molecule has 21 heavy (non-hydrogen) atoms. The van der Waals surface area contributed by atoms with E-state index in [-0.39, 0.29) is 0 Å². The van der Waals surface area contributed by atoms with Gasteiger partial charge in [-0.05, 0) is 48.2 Å². The Kier molecular flexibility index (Phi) is 2.61. The van der Waals surface area contributed by atoms with Crippen LogP contribution in [-0.4, -0.2) is 4.98 Å². The Bertz CT molecular complexity index is 839. The average molecular weight is 275 g/mol. The molecule has 3 nitrogen and oxygen atoms in total. The highest BCUT2D eigenvalue weighted by Crippen LogP contribution is 2.40. The molecule has 0 fully saturated rings. The van der Waals surface area contributed by atoms with E-state index in [0.29, 0.717) is 11.7 Å². The summed E-state index contributed by atoms with van der Waals surface area (Å²) < 4.78 is 0. The van der Waals surface area contributed by atoms with Gasteiger partial charge in [-0.3, -0.25) is 0 Å². The van der Waals surface area contributed by atoms with Crippen molar-refractivity contribution in [2.45, 2.75) is 18.8 Å². The van der Waals surface area contributed by atoms with Crippen LogP contribution < -0.4 is 11.5 Å².